The van der Waals surface area contributed by atoms with Gasteiger partial charge >= 0.3 is 0 Å². The number of rotatable bonds is 5. The number of thioether (sulfide) groups is 1. The van der Waals surface area contributed by atoms with E-state index in [2.05, 4.69) is 24.3 Å². The van der Waals surface area contributed by atoms with E-state index in [9.17, 15) is 0 Å². The summed E-state index contributed by atoms with van der Waals surface area (Å²) in [6, 6.07) is 9.03. The first kappa shape index (κ1) is 13.5. The van der Waals surface area contributed by atoms with Crippen molar-refractivity contribution in [1.82, 2.24) is 0 Å². The maximum atomic E-state index is 6.42. The molecule has 0 aromatic heterocycles. The summed E-state index contributed by atoms with van der Waals surface area (Å²) < 4.78 is 5.67. The lowest BCUT2D eigenvalue weighted by Crippen LogP contribution is -2.28. The lowest BCUT2D eigenvalue weighted by Gasteiger charge is -2.20. The van der Waals surface area contributed by atoms with Crippen molar-refractivity contribution in [2.45, 2.75) is 55.1 Å². The van der Waals surface area contributed by atoms with Crippen LogP contribution in [0, 0.1) is 0 Å². The Hall–Kier alpha value is -0.510. The van der Waals surface area contributed by atoms with E-state index in [-0.39, 0.29) is 0 Å². The fraction of sp³-hybridized carbons (Fsp3) is 0.625. The van der Waals surface area contributed by atoms with E-state index in [0.717, 1.165) is 18.8 Å². The summed E-state index contributed by atoms with van der Waals surface area (Å²) in [5.74, 6) is 1.70. The first-order chi connectivity index (χ1) is 9.34. The quantitative estimate of drug-likeness (QED) is 0.894. The lowest BCUT2D eigenvalue weighted by molar-refractivity contribution is 0.101. The van der Waals surface area contributed by atoms with Crippen LogP contribution in [0.5, 0.6) is 0 Å². The molecule has 0 saturated carbocycles. The SMILES string of the molecule is NC(CCCC1CCCO1)C1CSc2ccccc21. The van der Waals surface area contributed by atoms with E-state index < -0.39 is 0 Å². The molecule has 1 aromatic carbocycles. The topological polar surface area (TPSA) is 35.2 Å². The summed E-state index contributed by atoms with van der Waals surface area (Å²) in [4.78, 5) is 1.43. The second kappa shape index (κ2) is 6.29. The molecule has 1 fully saturated rings. The van der Waals surface area contributed by atoms with Gasteiger partial charge < -0.3 is 10.5 Å². The molecule has 0 aliphatic carbocycles. The highest BCUT2D eigenvalue weighted by Gasteiger charge is 2.27. The molecule has 0 spiro atoms. The Morgan fingerprint density at radius 2 is 2.26 bits per heavy atom. The number of benzene rings is 1. The molecule has 2 N–H and O–H groups in total. The van der Waals surface area contributed by atoms with E-state index in [1.54, 1.807) is 0 Å². The van der Waals surface area contributed by atoms with Gasteiger partial charge in [-0.25, -0.2) is 0 Å². The molecule has 2 aliphatic rings. The van der Waals surface area contributed by atoms with Crippen LogP contribution < -0.4 is 5.73 Å². The molecule has 104 valence electrons. The van der Waals surface area contributed by atoms with Crippen LogP contribution in [0.15, 0.2) is 29.2 Å². The van der Waals surface area contributed by atoms with E-state index in [4.69, 9.17) is 10.5 Å². The molecule has 19 heavy (non-hydrogen) atoms. The van der Waals surface area contributed by atoms with Crippen LogP contribution in [0.4, 0.5) is 0 Å². The van der Waals surface area contributed by atoms with Crippen LogP contribution in [0.3, 0.4) is 0 Å². The standard InChI is InChI=1S/C16H23NOS/c17-15(8-3-5-12-6-4-10-18-12)14-11-19-16-9-2-1-7-13(14)16/h1-2,7,9,12,14-15H,3-6,8,10-11,17H2. The fourth-order valence-electron chi connectivity index (χ4n) is 3.20. The average molecular weight is 277 g/mol. The highest BCUT2D eigenvalue weighted by Crippen LogP contribution is 2.41. The van der Waals surface area contributed by atoms with Gasteiger partial charge in [0, 0.05) is 29.2 Å². The molecular weight excluding hydrogens is 254 g/mol. The second-order valence-electron chi connectivity index (χ2n) is 5.69. The number of ether oxygens (including phenoxy) is 1. The van der Waals surface area contributed by atoms with Crippen molar-refractivity contribution in [2.24, 2.45) is 5.73 Å². The highest BCUT2D eigenvalue weighted by molar-refractivity contribution is 7.99. The van der Waals surface area contributed by atoms with E-state index in [1.807, 2.05) is 11.8 Å². The van der Waals surface area contributed by atoms with Crippen molar-refractivity contribution in [3.8, 4) is 0 Å². The zero-order valence-electron chi connectivity index (χ0n) is 11.4. The summed E-state index contributed by atoms with van der Waals surface area (Å²) >= 11 is 1.96. The van der Waals surface area contributed by atoms with Gasteiger partial charge in [0.05, 0.1) is 6.10 Å². The Kier molecular flexibility index (Phi) is 4.46. The fourth-order valence-corrected chi connectivity index (χ4v) is 4.54. The van der Waals surface area contributed by atoms with E-state index in [0.29, 0.717) is 18.1 Å². The van der Waals surface area contributed by atoms with Crippen LogP contribution in [-0.2, 0) is 4.74 Å². The van der Waals surface area contributed by atoms with Crippen LogP contribution in [0.1, 0.15) is 43.6 Å². The monoisotopic (exact) mass is 277 g/mol. The van der Waals surface area contributed by atoms with Crippen molar-refractivity contribution in [3.63, 3.8) is 0 Å². The summed E-state index contributed by atoms with van der Waals surface area (Å²) in [6.45, 7) is 0.962. The molecule has 3 atom stereocenters. The molecule has 0 radical (unpaired) electrons. The minimum atomic E-state index is 0.303. The summed E-state index contributed by atoms with van der Waals surface area (Å²) in [6.07, 6.45) is 6.52. The molecule has 0 bridgehead atoms. The van der Waals surface area contributed by atoms with E-state index in [1.165, 1.54) is 36.1 Å². The normalized spacial score (nSPS) is 27.4. The second-order valence-corrected chi connectivity index (χ2v) is 6.75. The molecule has 1 saturated heterocycles. The Labute approximate surface area is 120 Å². The van der Waals surface area contributed by atoms with Gasteiger partial charge in [-0.1, -0.05) is 18.2 Å². The summed E-state index contributed by atoms with van der Waals surface area (Å²) in [5.41, 5.74) is 7.89. The Balaban J connectivity index is 1.49. The Morgan fingerprint density at radius 3 is 3.11 bits per heavy atom. The molecule has 3 heteroatoms. The third-order valence-electron chi connectivity index (χ3n) is 4.34. The van der Waals surface area contributed by atoms with E-state index >= 15 is 0 Å². The average Bonchev–Trinajstić information content (AvgIpc) is 3.07. The smallest absolute Gasteiger partial charge is 0.0576 e. The maximum absolute atomic E-state index is 6.42. The van der Waals surface area contributed by atoms with Gasteiger partial charge in [-0.3, -0.25) is 0 Å². The third kappa shape index (κ3) is 3.15. The Morgan fingerprint density at radius 1 is 1.37 bits per heavy atom. The van der Waals surface area contributed by atoms with Gasteiger partial charge in [0.1, 0.15) is 0 Å². The third-order valence-corrected chi connectivity index (χ3v) is 5.55. The van der Waals surface area contributed by atoms with Crippen molar-refractivity contribution in [1.29, 1.82) is 0 Å². The lowest BCUT2D eigenvalue weighted by atomic mass is 9.90. The van der Waals surface area contributed by atoms with Gasteiger partial charge in [0.2, 0.25) is 0 Å². The van der Waals surface area contributed by atoms with Crippen LogP contribution in [-0.4, -0.2) is 24.5 Å². The molecule has 2 heterocycles. The van der Waals surface area contributed by atoms with Crippen molar-refractivity contribution in [3.05, 3.63) is 29.8 Å². The number of hydrogen-bond donors (Lipinski definition) is 1. The number of fused-ring (bicyclic) bond motifs is 1. The largest absolute Gasteiger partial charge is 0.378 e. The van der Waals surface area contributed by atoms with Crippen LogP contribution >= 0.6 is 11.8 Å². The van der Waals surface area contributed by atoms with Crippen molar-refractivity contribution in [2.75, 3.05) is 12.4 Å². The molecule has 3 unspecified atom stereocenters. The van der Waals surface area contributed by atoms with Crippen LogP contribution in [0.25, 0.3) is 0 Å². The molecule has 3 rings (SSSR count). The predicted octanol–water partition coefficient (Wildman–Crippen LogP) is 3.55. The van der Waals surface area contributed by atoms with Gasteiger partial charge in [-0.2, -0.15) is 0 Å². The van der Waals surface area contributed by atoms with Gasteiger partial charge in [0.15, 0.2) is 0 Å². The first-order valence-electron chi connectivity index (χ1n) is 7.43. The number of hydrogen-bond acceptors (Lipinski definition) is 3. The van der Waals surface area contributed by atoms with Crippen molar-refractivity contribution < 1.29 is 4.74 Å². The van der Waals surface area contributed by atoms with Gasteiger partial charge in [-0.15, -0.1) is 11.8 Å². The molecular formula is C16H23NOS. The zero-order chi connectivity index (χ0) is 13.1. The van der Waals surface area contributed by atoms with Gasteiger partial charge in [-0.05, 0) is 43.7 Å². The maximum Gasteiger partial charge on any atom is 0.0576 e. The molecule has 2 nitrogen and oxygen atoms in total. The van der Waals surface area contributed by atoms with Crippen LogP contribution in [0.2, 0.25) is 0 Å². The minimum absolute atomic E-state index is 0.303. The Bertz CT molecular complexity index is 417. The zero-order valence-corrected chi connectivity index (χ0v) is 12.2. The van der Waals surface area contributed by atoms with Gasteiger partial charge in [0.25, 0.3) is 0 Å². The molecule has 0 amide bonds. The highest BCUT2D eigenvalue weighted by atomic mass is 32.2. The summed E-state index contributed by atoms with van der Waals surface area (Å²) in [7, 11) is 0. The predicted molar refractivity (Wildman–Crippen MR) is 80.7 cm³/mol. The number of nitrogens with two attached hydrogens (primary N) is 1. The molecule has 2 aliphatic heterocycles. The summed E-state index contributed by atoms with van der Waals surface area (Å²) in [5, 5.41) is 0. The molecule has 1 aromatic rings. The minimum Gasteiger partial charge on any atom is -0.378 e. The van der Waals surface area contributed by atoms with Crippen molar-refractivity contribution >= 4 is 11.8 Å². The first-order valence-corrected chi connectivity index (χ1v) is 8.42.